The van der Waals surface area contributed by atoms with Crippen LogP contribution in [0, 0.1) is 0 Å². The SMILES string of the molecule is CCCC(=O)Sc1ccc(-c2nc(NCc3cccs3)cc(C(F)(F)F)n2)cc1. The van der Waals surface area contributed by atoms with Gasteiger partial charge in [-0.15, -0.1) is 11.3 Å². The largest absolute Gasteiger partial charge is 0.433 e. The van der Waals surface area contributed by atoms with Crippen LogP contribution in [0.5, 0.6) is 0 Å². The van der Waals surface area contributed by atoms with E-state index in [1.165, 1.54) is 11.3 Å². The third-order valence-electron chi connectivity index (χ3n) is 3.84. The Morgan fingerprint density at radius 2 is 1.93 bits per heavy atom. The minimum atomic E-state index is -4.58. The van der Waals surface area contributed by atoms with Crippen LogP contribution < -0.4 is 5.32 Å². The molecule has 4 nitrogen and oxygen atoms in total. The molecule has 0 spiro atoms. The Morgan fingerprint density at radius 3 is 2.55 bits per heavy atom. The van der Waals surface area contributed by atoms with Crippen LogP contribution in [0.1, 0.15) is 30.3 Å². The number of nitrogens with one attached hydrogen (secondary N) is 1. The zero-order valence-electron chi connectivity index (χ0n) is 15.5. The van der Waals surface area contributed by atoms with Gasteiger partial charge in [0.2, 0.25) is 0 Å². The lowest BCUT2D eigenvalue weighted by molar-refractivity contribution is -0.141. The fourth-order valence-corrected chi connectivity index (χ4v) is 3.95. The summed E-state index contributed by atoms with van der Waals surface area (Å²) in [5.41, 5.74) is -0.560. The van der Waals surface area contributed by atoms with Gasteiger partial charge < -0.3 is 5.32 Å². The molecule has 0 bridgehead atoms. The summed E-state index contributed by atoms with van der Waals surface area (Å²) in [7, 11) is 0. The first kappa shape index (κ1) is 21.3. The molecule has 2 aromatic heterocycles. The monoisotopic (exact) mass is 437 g/mol. The van der Waals surface area contributed by atoms with Crippen molar-refractivity contribution in [3.8, 4) is 11.4 Å². The molecule has 0 unspecified atom stereocenters. The van der Waals surface area contributed by atoms with Gasteiger partial charge in [0.25, 0.3) is 0 Å². The Bertz CT molecular complexity index is 958. The normalized spacial score (nSPS) is 11.4. The van der Waals surface area contributed by atoms with Crippen molar-refractivity contribution < 1.29 is 18.0 Å². The first-order valence-electron chi connectivity index (χ1n) is 8.89. The van der Waals surface area contributed by atoms with Crippen LogP contribution >= 0.6 is 23.1 Å². The van der Waals surface area contributed by atoms with Crippen molar-refractivity contribution in [2.75, 3.05) is 5.32 Å². The van der Waals surface area contributed by atoms with E-state index in [-0.39, 0.29) is 16.8 Å². The van der Waals surface area contributed by atoms with Crippen LogP contribution in [0.3, 0.4) is 0 Å². The van der Waals surface area contributed by atoms with Crippen molar-refractivity contribution >= 4 is 34.0 Å². The molecule has 29 heavy (non-hydrogen) atoms. The summed E-state index contributed by atoms with van der Waals surface area (Å²) in [4.78, 5) is 21.4. The lowest BCUT2D eigenvalue weighted by Gasteiger charge is -2.12. The Labute approximate surface area is 174 Å². The van der Waals surface area contributed by atoms with Crippen LogP contribution in [0.2, 0.25) is 0 Å². The Morgan fingerprint density at radius 1 is 1.17 bits per heavy atom. The maximum Gasteiger partial charge on any atom is 0.433 e. The van der Waals surface area contributed by atoms with E-state index in [2.05, 4.69) is 15.3 Å². The number of benzene rings is 1. The van der Waals surface area contributed by atoms with Crippen LogP contribution in [-0.2, 0) is 17.5 Å². The summed E-state index contributed by atoms with van der Waals surface area (Å²) < 4.78 is 39.9. The lowest BCUT2D eigenvalue weighted by Crippen LogP contribution is -2.12. The smallest absolute Gasteiger partial charge is 0.365 e. The van der Waals surface area contributed by atoms with Gasteiger partial charge in [0.05, 0.1) is 6.54 Å². The molecule has 0 aliphatic carbocycles. The van der Waals surface area contributed by atoms with E-state index in [1.807, 2.05) is 24.4 Å². The molecule has 0 radical (unpaired) electrons. The highest BCUT2D eigenvalue weighted by atomic mass is 32.2. The third-order valence-corrected chi connectivity index (χ3v) is 5.65. The number of nitrogens with zero attached hydrogens (tertiary/aromatic N) is 2. The molecule has 1 aromatic carbocycles. The van der Waals surface area contributed by atoms with Gasteiger partial charge in [-0.05, 0) is 30.0 Å². The molecule has 3 aromatic rings. The molecule has 152 valence electrons. The van der Waals surface area contributed by atoms with Gasteiger partial charge in [0.15, 0.2) is 16.6 Å². The average Bonchev–Trinajstić information content (AvgIpc) is 3.20. The topological polar surface area (TPSA) is 54.9 Å². The first-order valence-corrected chi connectivity index (χ1v) is 10.6. The molecule has 0 aliphatic rings. The molecule has 0 saturated carbocycles. The summed E-state index contributed by atoms with van der Waals surface area (Å²) >= 11 is 2.62. The van der Waals surface area contributed by atoms with Gasteiger partial charge in [-0.2, -0.15) is 13.2 Å². The highest BCUT2D eigenvalue weighted by molar-refractivity contribution is 8.13. The number of thiophene rings is 1. The predicted molar refractivity (Wildman–Crippen MR) is 110 cm³/mol. The number of aromatic nitrogens is 2. The van der Waals surface area contributed by atoms with Crippen LogP contribution in [0.25, 0.3) is 11.4 Å². The van der Waals surface area contributed by atoms with E-state index in [4.69, 9.17) is 0 Å². The number of alkyl halides is 3. The molecule has 0 saturated heterocycles. The average molecular weight is 438 g/mol. The standard InChI is InChI=1S/C20H18F3N3OS2/c1-2-4-18(27)29-14-8-6-13(7-9-14)19-25-16(20(21,22)23)11-17(26-19)24-12-15-5-3-10-28-15/h3,5-11H,2,4,12H2,1H3,(H,24,25,26). The second-order valence-corrected chi connectivity index (χ2v) is 8.30. The van der Waals surface area contributed by atoms with Gasteiger partial charge >= 0.3 is 6.18 Å². The van der Waals surface area contributed by atoms with Crippen molar-refractivity contribution in [3.05, 3.63) is 58.4 Å². The van der Waals surface area contributed by atoms with Crippen molar-refractivity contribution in [2.24, 2.45) is 0 Å². The second kappa shape index (κ2) is 9.41. The van der Waals surface area contributed by atoms with Crippen molar-refractivity contribution in [3.63, 3.8) is 0 Å². The molecule has 0 atom stereocenters. The highest BCUT2D eigenvalue weighted by Crippen LogP contribution is 2.31. The molecule has 1 N–H and O–H groups in total. The van der Waals surface area contributed by atoms with Crippen molar-refractivity contribution in [1.29, 1.82) is 0 Å². The van der Waals surface area contributed by atoms with Crippen LogP contribution in [-0.4, -0.2) is 15.1 Å². The first-order chi connectivity index (χ1) is 13.8. The van der Waals surface area contributed by atoms with Crippen molar-refractivity contribution in [1.82, 2.24) is 9.97 Å². The van der Waals surface area contributed by atoms with Crippen LogP contribution in [0.15, 0.2) is 52.7 Å². The fraction of sp³-hybridized carbons (Fsp3) is 0.250. The molecule has 0 amide bonds. The zero-order chi connectivity index (χ0) is 20.9. The van der Waals surface area contributed by atoms with Gasteiger partial charge in [-0.1, -0.05) is 36.9 Å². The van der Waals surface area contributed by atoms with E-state index < -0.39 is 11.9 Å². The molecule has 0 aliphatic heterocycles. The molecular formula is C20H18F3N3OS2. The van der Waals surface area contributed by atoms with Gasteiger partial charge in [0, 0.05) is 27.8 Å². The maximum atomic E-state index is 13.3. The number of rotatable bonds is 7. The molecule has 2 heterocycles. The summed E-state index contributed by atoms with van der Waals surface area (Å²) in [6.07, 6.45) is -3.34. The predicted octanol–water partition coefficient (Wildman–Crippen LogP) is 6.25. The highest BCUT2D eigenvalue weighted by Gasteiger charge is 2.33. The minimum absolute atomic E-state index is 0.0232. The van der Waals surface area contributed by atoms with Gasteiger partial charge in [-0.25, -0.2) is 9.97 Å². The molecule has 9 heteroatoms. The maximum absolute atomic E-state index is 13.3. The summed E-state index contributed by atoms with van der Waals surface area (Å²) in [5.74, 6) is 0.0808. The number of hydrogen-bond donors (Lipinski definition) is 1. The third kappa shape index (κ3) is 6.04. The van der Waals surface area contributed by atoms with E-state index >= 15 is 0 Å². The zero-order valence-corrected chi connectivity index (χ0v) is 17.1. The van der Waals surface area contributed by atoms with E-state index in [1.54, 1.807) is 24.3 Å². The van der Waals surface area contributed by atoms with Gasteiger partial charge in [0.1, 0.15) is 5.82 Å². The molecular weight excluding hydrogens is 419 g/mol. The Balaban J connectivity index is 1.85. The van der Waals surface area contributed by atoms with E-state index in [0.717, 1.165) is 34.0 Å². The number of carbonyl (C=O) groups excluding carboxylic acids is 1. The Kier molecular flexibility index (Phi) is 6.92. The number of anilines is 1. The lowest BCUT2D eigenvalue weighted by atomic mass is 10.2. The number of hydrogen-bond acceptors (Lipinski definition) is 6. The Hall–Kier alpha value is -2.39. The fourth-order valence-electron chi connectivity index (χ4n) is 2.46. The summed E-state index contributed by atoms with van der Waals surface area (Å²) in [5, 5.41) is 4.88. The quantitative estimate of drug-likeness (QED) is 0.443. The van der Waals surface area contributed by atoms with E-state index in [0.29, 0.717) is 18.5 Å². The molecule has 0 fully saturated rings. The molecule has 3 rings (SSSR count). The van der Waals surface area contributed by atoms with Crippen molar-refractivity contribution in [2.45, 2.75) is 37.4 Å². The summed E-state index contributed by atoms with van der Waals surface area (Å²) in [6, 6.07) is 11.3. The minimum Gasteiger partial charge on any atom is -0.365 e. The van der Waals surface area contributed by atoms with Gasteiger partial charge in [-0.3, -0.25) is 4.79 Å². The van der Waals surface area contributed by atoms with Crippen LogP contribution in [0.4, 0.5) is 19.0 Å². The summed E-state index contributed by atoms with van der Waals surface area (Å²) in [6.45, 7) is 2.30. The number of carbonyl (C=O) groups is 1. The number of thioether (sulfide) groups is 1. The number of halogens is 3. The second-order valence-electron chi connectivity index (χ2n) is 6.14. The van der Waals surface area contributed by atoms with E-state index in [9.17, 15) is 18.0 Å².